The second-order valence-corrected chi connectivity index (χ2v) is 5.30. The minimum Gasteiger partial charge on any atom is -0.399 e. The predicted molar refractivity (Wildman–Crippen MR) is 82.3 cm³/mol. The van der Waals surface area contributed by atoms with E-state index in [1.54, 1.807) is 25.1 Å². The topological polar surface area (TPSA) is 48.0 Å². The van der Waals surface area contributed by atoms with Crippen LogP contribution in [0.15, 0.2) is 48.5 Å². The van der Waals surface area contributed by atoms with Gasteiger partial charge in [-0.1, -0.05) is 18.2 Å². The van der Waals surface area contributed by atoms with Crippen LogP contribution in [0.4, 0.5) is 18.9 Å². The van der Waals surface area contributed by atoms with E-state index < -0.39 is 17.8 Å². The molecule has 6 heteroatoms. The normalized spacial score (nSPS) is 11.8. The largest absolute Gasteiger partial charge is 0.431 e. The first kappa shape index (κ1) is 15.1. The van der Waals surface area contributed by atoms with Crippen LogP contribution in [0.5, 0.6) is 0 Å². The van der Waals surface area contributed by atoms with E-state index in [0.717, 1.165) is 6.07 Å². The first-order valence-corrected chi connectivity index (χ1v) is 6.87. The van der Waals surface area contributed by atoms with Gasteiger partial charge in [-0.3, -0.25) is 9.36 Å². The number of aromatic nitrogens is 1. The van der Waals surface area contributed by atoms with Crippen LogP contribution in [-0.2, 0) is 6.18 Å². The van der Waals surface area contributed by atoms with Crippen LogP contribution in [0.1, 0.15) is 21.6 Å². The van der Waals surface area contributed by atoms with Crippen molar-refractivity contribution in [1.29, 1.82) is 0 Å². The lowest BCUT2D eigenvalue weighted by molar-refractivity contribution is -0.142. The molecule has 3 nitrogen and oxygen atoms in total. The molecule has 0 radical (unpaired) electrons. The molecule has 0 aliphatic carbocycles. The molecule has 3 aromatic rings. The first-order chi connectivity index (χ1) is 10.8. The van der Waals surface area contributed by atoms with Crippen molar-refractivity contribution in [1.82, 2.24) is 4.57 Å². The summed E-state index contributed by atoms with van der Waals surface area (Å²) in [4.78, 5) is 12.7. The lowest BCUT2D eigenvalue weighted by atomic mass is 10.1. The maximum absolute atomic E-state index is 13.4. The molecular weight excluding hydrogens is 305 g/mol. The van der Waals surface area contributed by atoms with Crippen LogP contribution in [0.3, 0.4) is 0 Å². The van der Waals surface area contributed by atoms with Crippen LogP contribution >= 0.6 is 0 Å². The summed E-state index contributed by atoms with van der Waals surface area (Å²) in [6, 6.07) is 11.8. The number of hydrogen-bond acceptors (Lipinski definition) is 2. The van der Waals surface area contributed by atoms with Crippen molar-refractivity contribution in [2.24, 2.45) is 0 Å². The van der Waals surface area contributed by atoms with Gasteiger partial charge < -0.3 is 5.73 Å². The lowest BCUT2D eigenvalue weighted by Crippen LogP contribution is -2.21. The molecule has 0 saturated carbocycles. The number of nitrogens with zero attached hydrogens (tertiary/aromatic N) is 1. The fourth-order valence-corrected chi connectivity index (χ4v) is 2.59. The number of aryl methyl sites for hydroxylation is 1. The first-order valence-electron chi connectivity index (χ1n) is 6.87. The zero-order valence-corrected chi connectivity index (χ0v) is 12.2. The molecule has 3 rings (SSSR count). The average Bonchev–Trinajstić information content (AvgIpc) is 2.85. The molecule has 1 aromatic heterocycles. The fourth-order valence-electron chi connectivity index (χ4n) is 2.59. The Morgan fingerprint density at radius 2 is 1.78 bits per heavy atom. The van der Waals surface area contributed by atoms with Gasteiger partial charge in [0.05, 0.1) is 5.52 Å². The van der Waals surface area contributed by atoms with Crippen LogP contribution < -0.4 is 5.73 Å². The van der Waals surface area contributed by atoms with E-state index in [4.69, 9.17) is 5.73 Å². The summed E-state index contributed by atoms with van der Waals surface area (Å²) < 4.78 is 40.8. The highest BCUT2D eigenvalue weighted by Gasteiger charge is 2.37. The molecule has 0 amide bonds. The predicted octanol–water partition coefficient (Wildman–Crippen LogP) is 4.24. The molecule has 2 N–H and O–H groups in total. The maximum atomic E-state index is 13.4. The molecule has 0 aliphatic heterocycles. The quantitative estimate of drug-likeness (QED) is 0.682. The van der Waals surface area contributed by atoms with Gasteiger partial charge in [-0.05, 0) is 42.8 Å². The number of hydrogen-bond donors (Lipinski definition) is 1. The Balaban J connectivity index is 2.31. The van der Waals surface area contributed by atoms with Crippen LogP contribution in [0, 0.1) is 6.92 Å². The molecular formula is C17H13F3N2O. The Kier molecular flexibility index (Phi) is 3.39. The molecule has 0 saturated heterocycles. The van der Waals surface area contributed by atoms with E-state index in [0.29, 0.717) is 15.8 Å². The number of alkyl halides is 3. The van der Waals surface area contributed by atoms with Gasteiger partial charge in [0.1, 0.15) is 5.69 Å². The molecule has 0 spiro atoms. The van der Waals surface area contributed by atoms with Crippen molar-refractivity contribution in [3.63, 3.8) is 0 Å². The van der Waals surface area contributed by atoms with Crippen molar-refractivity contribution in [3.05, 3.63) is 65.4 Å². The summed E-state index contributed by atoms with van der Waals surface area (Å²) in [5.74, 6) is -0.713. The van der Waals surface area contributed by atoms with Crippen LogP contribution in [0.25, 0.3) is 10.9 Å². The van der Waals surface area contributed by atoms with E-state index in [1.807, 2.05) is 0 Å². The summed E-state index contributed by atoms with van der Waals surface area (Å²) in [5.41, 5.74) is 5.98. The van der Waals surface area contributed by atoms with Crippen molar-refractivity contribution in [3.8, 4) is 0 Å². The zero-order valence-electron chi connectivity index (χ0n) is 12.2. The summed E-state index contributed by atoms with van der Waals surface area (Å²) in [5, 5.41) is 0.277. The molecule has 2 aromatic carbocycles. The van der Waals surface area contributed by atoms with Crippen LogP contribution in [-0.4, -0.2) is 10.5 Å². The van der Waals surface area contributed by atoms with Crippen molar-refractivity contribution < 1.29 is 18.0 Å². The smallest absolute Gasteiger partial charge is 0.399 e. The van der Waals surface area contributed by atoms with Gasteiger partial charge in [0.15, 0.2) is 0 Å². The van der Waals surface area contributed by atoms with E-state index in [-0.39, 0.29) is 16.5 Å². The minimum absolute atomic E-state index is 0.180. The Morgan fingerprint density at radius 1 is 1.09 bits per heavy atom. The number of nitrogen functional groups attached to an aromatic ring is 1. The SMILES string of the molecule is Cc1ccccc1C(=O)n1c(C(F)(F)F)cc2cc(N)ccc21. The lowest BCUT2D eigenvalue weighted by Gasteiger charge is -2.13. The van der Waals surface area contributed by atoms with E-state index >= 15 is 0 Å². The van der Waals surface area contributed by atoms with Gasteiger partial charge in [-0.25, -0.2) is 0 Å². The molecule has 118 valence electrons. The Morgan fingerprint density at radius 3 is 2.43 bits per heavy atom. The molecule has 0 fully saturated rings. The van der Waals surface area contributed by atoms with E-state index in [2.05, 4.69) is 0 Å². The number of nitrogens with two attached hydrogens (primary N) is 1. The molecule has 23 heavy (non-hydrogen) atoms. The number of carbonyl (C=O) groups excluding carboxylic acids is 1. The van der Waals surface area contributed by atoms with Gasteiger partial charge >= 0.3 is 6.18 Å². The van der Waals surface area contributed by atoms with Gasteiger partial charge in [0, 0.05) is 16.6 Å². The molecule has 0 aliphatic rings. The fraction of sp³-hybridized carbons (Fsp3) is 0.118. The summed E-state index contributed by atoms with van der Waals surface area (Å²) in [6.45, 7) is 1.68. The van der Waals surface area contributed by atoms with Gasteiger partial charge in [0.2, 0.25) is 0 Å². The summed E-state index contributed by atoms with van der Waals surface area (Å²) in [7, 11) is 0. The number of benzene rings is 2. The number of fused-ring (bicyclic) bond motifs is 1. The van der Waals surface area contributed by atoms with Gasteiger partial charge in [0.25, 0.3) is 5.91 Å². The second kappa shape index (κ2) is 5.15. The van der Waals surface area contributed by atoms with Crippen molar-refractivity contribution in [2.45, 2.75) is 13.1 Å². The Hall–Kier alpha value is -2.76. The molecule has 0 unspecified atom stereocenters. The molecule has 0 bridgehead atoms. The monoisotopic (exact) mass is 318 g/mol. The Labute approximate surface area is 130 Å². The van der Waals surface area contributed by atoms with Crippen molar-refractivity contribution >= 4 is 22.5 Å². The highest BCUT2D eigenvalue weighted by atomic mass is 19.4. The van der Waals surface area contributed by atoms with E-state index in [9.17, 15) is 18.0 Å². The summed E-state index contributed by atoms with van der Waals surface area (Å²) >= 11 is 0. The second-order valence-electron chi connectivity index (χ2n) is 5.30. The van der Waals surface area contributed by atoms with E-state index in [1.165, 1.54) is 24.3 Å². The average molecular weight is 318 g/mol. The molecule has 0 atom stereocenters. The highest BCUT2D eigenvalue weighted by molar-refractivity contribution is 6.04. The number of anilines is 1. The standard InChI is InChI=1S/C17H13F3N2O/c1-10-4-2-3-5-13(10)16(23)22-14-7-6-12(21)8-11(14)9-15(22)17(18,19)20/h2-9H,21H2,1H3. The van der Waals surface area contributed by atoms with Gasteiger partial charge in [-0.15, -0.1) is 0 Å². The highest BCUT2D eigenvalue weighted by Crippen LogP contribution is 2.35. The minimum atomic E-state index is -4.65. The maximum Gasteiger partial charge on any atom is 0.431 e. The van der Waals surface area contributed by atoms with Gasteiger partial charge in [-0.2, -0.15) is 13.2 Å². The Bertz CT molecular complexity index is 910. The summed E-state index contributed by atoms with van der Waals surface area (Å²) in [6.07, 6.45) is -4.65. The number of carbonyl (C=O) groups is 1. The molecule has 1 heterocycles. The zero-order chi connectivity index (χ0) is 16.8. The number of rotatable bonds is 1. The number of halogens is 3. The third-order valence-corrected chi connectivity index (χ3v) is 3.69. The van der Waals surface area contributed by atoms with Crippen LogP contribution in [0.2, 0.25) is 0 Å². The third kappa shape index (κ3) is 2.56. The van der Waals surface area contributed by atoms with Crippen molar-refractivity contribution in [2.75, 3.05) is 5.73 Å². The third-order valence-electron chi connectivity index (χ3n) is 3.69.